The molecule has 2 aromatic heterocycles. The first-order valence-corrected chi connectivity index (χ1v) is 7.42. The van der Waals surface area contributed by atoms with Crippen LogP contribution in [0.4, 0.5) is 0 Å². The molecule has 0 saturated carbocycles. The maximum absolute atomic E-state index is 4.68. The molecule has 1 aliphatic rings. The zero-order valence-corrected chi connectivity index (χ0v) is 12.6. The summed E-state index contributed by atoms with van der Waals surface area (Å²) >= 11 is 0. The second kappa shape index (κ2) is 5.40. The van der Waals surface area contributed by atoms with Gasteiger partial charge in [-0.25, -0.2) is 4.98 Å². The standard InChI is InChI=1S/C15H23N5/c1-11-9-12(2)20(18-11)8-4-7-19-13(3)17-14-10-16-6-5-15(14)19/h9,16H,4-8,10H2,1-3H3. The van der Waals surface area contributed by atoms with Crippen LogP contribution >= 0.6 is 0 Å². The summed E-state index contributed by atoms with van der Waals surface area (Å²) in [5.74, 6) is 1.15. The third-order valence-electron chi connectivity index (χ3n) is 4.03. The maximum Gasteiger partial charge on any atom is 0.106 e. The summed E-state index contributed by atoms with van der Waals surface area (Å²) in [7, 11) is 0. The molecule has 2 aromatic rings. The third kappa shape index (κ3) is 2.50. The Bertz CT molecular complexity index is 608. The Morgan fingerprint density at radius 3 is 2.85 bits per heavy atom. The van der Waals surface area contributed by atoms with Crippen molar-refractivity contribution in [1.29, 1.82) is 0 Å². The van der Waals surface area contributed by atoms with Crippen LogP contribution in [0.1, 0.15) is 35.0 Å². The summed E-state index contributed by atoms with van der Waals surface area (Å²) in [6.45, 7) is 10.3. The fourth-order valence-corrected chi connectivity index (χ4v) is 3.08. The Hall–Kier alpha value is -1.62. The van der Waals surface area contributed by atoms with E-state index in [1.165, 1.54) is 17.1 Å². The van der Waals surface area contributed by atoms with Gasteiger partial charge in [0.15, 0.2) is 0 Å². The van der Waals surface area contributed by atoms with Gasteiger partial charge in [0.25, 0.3) is 0 Å². The number of nitrogens with zero attached hydrogens (tertiary/aromatic N) is 4. The van der Waals surface area contributed by atoms with E-state index in [-0.39, 0.29) is 0 Å². The van der Waals surface area contributed by atoms with Gasteiger partial charge in [-0.15, -0.1) is 0 Å². The van der Waals surface area contributed by atoms with Crippen molar-refractivity contribution in [2.45, 2.75) is 53.2 Å². The average Bonchev–Trinajstić information content (AvgIpc) is 2.90. The van der Waals surface area contributed by atoms with Gasteiger partial charge in [-0.1, -0.05) is 0 Å². The topological polar surface area (TPSA) is 47.7 Å². The Kier molecular flexibility index (Phi) is 3.61. The molecular formula is C15H23N5. The van der Waals surface area contributed by atoms with Crippen molar-refractivity contribution in [3.8, 4) is 0 Å². The molecule has 0 fully saturated rings. The van der Waals surface area contributed by atoms with Gasteiger partial charge in [0.1, 0.15) is 5.82 Å². The highest BCUT2D eigenvalue weighted by Crippen LogP contribution is 2.16. The van der Waals surface area contributed by atoms with Gasteiger partial charge < -0.3 is 9.88 Å². The van der Waals surface area contributed by atoms with Gasteiger partial charge >= 0.3 is 0 Å². The Labute approximate surface area is 120 Å². The lowest BCUT2D eigenvalue weighted by Gasteiger charge is -2.16. The van der Waals surface area contributed by atoms with Crippen LogP contribution in [0.2, 0.25) is 0 Å². The van der Waals surface area contributed by atoms with Gasteiger partial charge in [0.05, 0.1) is 11.4 Å². The van der Waals surface area contributed by atoms with Gasteiger partial charge in [-0.3, -0.25) is 4.68 Å². The molecule has 1 N–H and O–H groups in total. The smallest absolute Gasteiger partial charge is 0.106 e. The van der Waals surface area contributed by atoms with Gasteiger partial charge in [-0.05, 0) is 33.3 Å². The summed E-state index contributed by atoms with van der Waals surface area (Å²) in [5, 5.41) is 7.90. The predicted octanol–water partition coefficient (Wildman–Crippen LogP) is 1.74. The molecule has 0 aliphatic carbocycles. The van der Waals surface area contributed by atoms with E-state index in [1.54, 1.807) is 0 Å². The normalized spacial score (nSPS) is 14.6. The molecule has 0 radical (unpaired) electrons. The molecule has 20 heavy (non-hydrogen) atoms. The second-order valence-electron chi connectivity index (χ2n) is 5.63. The third-order valence-corrected chi connectivity index (χ3v) is 4.03. The molecule has 1 aliphatic heterocycles. The van der Waals surface area contributed by atoms with Crippen molar-refractivity contribution >= 4 is 0 Å². The highest BCUT2D eigenvalue weighted by Gasteiger charge is 2.17. The van der Waals surface area contributed by atoms with E-state index in [4.69, 9.17) is 0 Å². The molecule has 3 rings (SSSR count). The Morgan fingerprint density at radius 1 is 1.25 bits per heavy atom. The van der Waals surface area contributed by atoms with Crippen molar-refractivity contribution in [2.75, 3.05) is 6.54 Å². The van der Waals surface area contributed by atoms with Crippen LogP contribution in [0.3, 0.4) is 0 Å². The molecule has 108 valence electrons. The number of imidazole rings is 1. The number of aryl methyl sites for hydroxylation is 4. The lowest BCUT2D eigenvalue weighted by molar-refractivity contribution is 0.497. The number of fused-ring (bicyclic) bond motifs is 1. The van der Waals surface area contributed by atoms with Crippen LogP contribution in [0.25, 0.3) is 0 Å². The van der Waals surface area contributed by atoms with Crippen LogP contribution in [0, 0.1) is 20.8 Å². The maximum atomic E-state index is 4.68. The summed E-state index contributed by atoms with van der Waals surface area (Å²) in [4.78, 5) is 4.68. The fourth-order valence-electron chi connectivity index (χ4n) is 3.08. The predicted molar refractivity (Wildman–Crippen MR) is 78.7 cm³/mol. The SMILES string of the molecule is Cc1cc(C)n(CCCn2c(C)nc3c2CCNC3)n1. The number of aromatic nitrogens is 4. The Balaban J connectivity index is 1.67. The van der Waals surface area contributed by atoms with Crippen molar-refractivity contribution in [3.05, 3.63) is 34.7 Å². The summed E-state index contributed by atoms with van der Waals surface area (Å²) < 4.78 is 4.50. The van der Waals surface area contributed by atoms with Gasteiger partial charge in [0.2, 0.25) is 0 Å². The first-order chi connectivity index (χ1) is 9.65. The molecule has 0 amide bonds. The van der Waals surface area contributed by atoms with E-state index < -0.39 is 0 Å². The molecule has 5 nitrogen and oxygen atoms in total. The molecule has 0 unspecified atom stereocenters. The van der Waals surface area contributed by atoms with E-state index in [0.29, 0.717) is 0 Å². The van der Waals surface area contributed by atoms with Crippen LogP contribution in [-0.2, 0) is 26.1 Å². The number of nitrogens with one attached hydrogen (secondary N) is 1. The summed E-state index contributed by atoms with van der Waals surface area (Å²) in [6.07, 6.45) is 2.19. The quantitative estimate of drug-likeness (QED) is 0.923. The molecule has 0 aromatic carbocycles. The number of rotatable bonds is 4. The lowest BCUT2D eigenvalue weighted by Crippen LogP contribution is -2.25. The minimum absolute atomic E-state index is 0.917. The number of hydrogen-bond acceptors (Lipinski definition) is 3. The van der Waals surface area contributed by atoms with Gasteiger partial charge in [-0.2, -0.15) is 5.10 Å². The molecule has 0 saturated heterocycles. The first-order valence-electron chi connectivity index (χ1n) is 7.42. The average molecular weight is 273 g/mol. The monoisotopic (exact) mass is 273 g/mol. The summed E-state index contributed by atoms with van der Waals surface area (Å²) in [5.41, 5.74) is 5.01. The van der Waals surface area contributed by atoms with E-state index in [1.807, 2.05) is 6.92 Å². The minimum Gasteiger partial charge on any atom is -0.332 e. The summed E-state index contributed by atoms with van der Waals surface area (Å²) in [6, 6.07) is 2.13. The molecule has 0 spiro atoms. The Morgan fingerprint density at radius 2 is 2.10 bits per heavy atom. The minimum atomic E-state index is 0.917. The zero-order valence-electron chi connectivity index (χ0n) is 12.6. The van der Waals surface area contributed by atoms with Crippen LogP contribution < -0.4 is 5.32 Å². The lowest BCUT2D eigenvalue weighted by atomic mass is 10.2. The molecule has 0 atom stereocenters. The van der Waals surface area contributed by atoms with Crippen LogP contribution in [0.15, 0.2) is 6.07 Å². The zero-order chi connectivity index (χ0) is 14.1. The highest BCUT2D eigenvalue weighted by atomic mass is 15.3. The molecule has 3 heterocycles. The van der Waals surface area contributed by atoms with Crippen molar-refractivity contribution in [2.24, 2.45) is 0 Å². The van der Waals surface area contributed by atoms with Crippen molar-refractivity contribution in [3.63, 3.8) is 0 Å². The second-order valence-corrected chi connectivity index (χ2v) is 5.63. The fraction of sp³-hybridized carbons (Fsp3) is 0.600. The highest BCUT2D eigenvalue weighted by molar-refractivity contribution is 5.19. The molecule has 5 heteroatoms. The van der Waals surface area contributed by atoms with E-state index in [9.17, 15) is 0 Å². The van der Waals surface area contributed by atoms with E-state index >= 15 is 0 Å². The number of hydrogen-bond donors (Lipinski definition) is 1. The van der Waals surface area contributed by atoms with Gasteiger partial charge in [0, 0.05) is 44.0 Å². The van der Waals surface area contributed by atoms with E-state index in [0.717, 1.165) is 50.5 Å². The molecule has 0 bridgehead atoms. The van der Waals surface area contributed by atoms with Crippen molar-refractivity contribution in [1.82, 2.24) is 24.6 Å². The van der Waals surface area contributed by atoms with Crippen molar-refractivity contribution < 1.29 is 0 Å². The van der Waals surface area contributed by atoms with Crippen LogP contribution in [-0.4, -0.2) is 25.9 Å². The van der Waals surface area contributed by atoms with E-state index in [2.05, 4.69) is 44.6 Å². The largest absolute Gasteiger partial charge is 0.332 e. The van der Waals surface area contributed by atoms with Crippen LogP contribution in [0.5, 0.6) is 0 Å². The molecular weight excluding hydrogens is 250 g/mol. The first kappa shape index (κ1) is 13.4.